The Balaban J connectivity index is 1.83. The number of methoxy groups -OCH3 is 1. The van der Waals surface area contributed by atoms with Gasteiger partial charge in [-0.3, -0.25) is 0 Å². The number of nitrogens with one attached hydrogen (secondary N) is 1. The molecule has 3 atom stereocenters. The van der Waals surface area contributed by atoms with Crippen LogP contribution >= 0.6 is 0 Å². The van der Waals surface area contributed by atoms with Gasteiger partial charge in [-0.25, -0.2) is 9.18 Å². The Kier molecular flexibility index (Phi) is 3.83. The van der Waals surface area contributed by atoms with Crippen LogP contribution in [0.15, 0.2) is 48.6 Å². The van der Waals surface area contributed by atoms with Gasteiger partial charge < -0.3 is 10.1 Å². The molecule has 0 fully saturated rings. The summed E-state index contributed by atoms with van der Waals surface area (Å²) in [5.74, 6) is 0.0497. The van der Waals surface area contributed by atoms with Gasteiger partial charge in [-0.2, -0.15) is 0 Å². The van der Waals surface area contributed by atoms with E-state index in [0.29, 0.717) is 11.5 Å². The van der Waals surface area contributed by atoms with Crippen LogP contribution in [0.25, 0.3) is 0 Å². The van der Waals surface area contributed by atoms with Crippen molar-refractivity contribution in [3.8, 4) is 0 Å². The average molecular weight is 337 g/mol. The van der Waals surface area contributed by atoms with E-state index in [9.17, 15) is 9.18 Å². The highest BCUT2D eigenvalue weighted by Gasteiger charge is 2.39. The quantitative estimate of drug-likeness (QED) is 0.635. The number of ether oxygens (including phenoxy) is 1. The molecule has 3 nitrogen and oxygen atoms in total. The van der Waals surface area contributed by atoms with Crippen LogP contribution in [0.2, 0.25) is 0 Å². The molecular formula is C21H20FNO2. The molecule has 0 amide bonds. The van der Waals surface area contributed by atoms with Crippen molar-refractivity contribution < 1.29 is 13.9 Å². The molecule has 0 unspecified atom stereocenters. The molecule has 4 rings (SSSR count). The Morgan fingerprint density at radius 2 is 2.12 bits per heavy atom. The zero-order valence-corrected chi connectivity index (χ0v) is 14.3. The zero-order valence-electron chi connectivity index (χ0n) is 14.3. The van der Waals surface area contributed by atoms with Crippen LogP contribution in [-0.4, -0.2) is 13.1 Å². The monoisotopic (exact) mass is 337 g/mol. The van der Waals surface area contributed by atoms with E-state index in [1.165, 1.54) is 18.7 Å². The molecule has 1 heterocycles. The van der Waals surface area contributed by atoms with Crippen molar-refractivity contribution in [1.82, 2.24) is 0 Å². The summed E-state index contributed by atoms with van der Waals surface area (Å²) in [6.07, 6.45) is 5.38. The lowest BCUT2D eigenvalue weighted by Crippen LogP contribution is -2.30. The maximum atomic E-state index is 13.8. The summed E-state index contributed by atoms with van der Waals surface area (Å²) in [5, 5.41) is 3.59. The lowest BCUT2D eigenvalue weighted by atomic mass is 9.76. The van der Waals surface area contributed by atoms with Crippen LogP contribution in [0.1, 0.15) is 45.4 Å². The predicted molar refractivity (Wildman–Crippen MR) is 95.3 cm³/mol. The Labute approximate surface area is 146 Å². The van der Waals surface area contributed by atoms with Gasteiger partial charge in [-0.15, -0.1) is 0 Å². The highest BCUT2D eigenvalue weighted by Crippen LogP contribution is 2.51. The third kappa shape index (κ3) is 2.53. The molecule has 0 spiro atoms. The predicted octanol–water partition coefficient (Wildman–Crippen LogP) is 4.75. The molecule has 1 N–H and O–H groups in total. The molecule has 0 saturated carbocycles. The first-order chi connectivity index (χ1) is 12.1. The average Bonchev–Trinajstić information content (AvgIpc) is 3.11. The molecule has 128 valence electrons. The summed E-state index contributed by atoms with van der Waals surface area (Å²) in [6.45, 7) is 1.93. The van der Waals surface area contributed by atoms with E-state index in [0.717, 1.165) is 23.2 Å². The summed E-state index contributed by atoms with van der Waals surface area (Å²) in [5.41, 5.74) is 4.53. The first-order valence-electron chi connectivity index (χ1n) is 8.50. The zero-order chi connectivity index (χ0) is 17.6. The second kappa shape index (κ2) is 6.03. The van der Waals surface area contributed by atoms with E-state index >= 15 is 0 Å². The summed E-state index contributed by atoms with van der Waals surface area (Å²) in [7, 11) is 1.39. The molecule has 0 saturated heterocycles. The van der Waals surface area contributed by atoms with Gasteiger partial charge in [0.1, 0.15) is 5.82 Å². The van der Waals surface area contributed by atoms with Gasteiger partial charge in [0.25, 0.3) is 0 Å². The first-order valence-corrected chi connectivity index (χ1v) is 8.50. The van der Waals surface area contributed by atoms with E-state index in [2.05, 4.69) is 17.5 Å². The minimum Gasteiger partial charge on any atom is -0.465 e. The number of allylic oxidation sites excluding steroid dienone is 2. The largest absolute Gasteiger partial charge is 0.465 e. The van der Waals surface area contributed by atoms with E-state index in [1.807, 2.05) is 25.1 Å². The minimum absolute atomic E-state index is 0.00907. The number of rotatable bonds is 2. The van der Waals surface area contributed by atoms with Crippen LogP contribution in [0.3, 0.4) is 0 Å². The molecule has 0 aromatic heterocycles. The molecular weight excluding hydrogens is 317 g/mol. The molecule has 0 bridgehead atoms. The fourth-order valence-electron chi connectivity index (χ4n) is 4.18. The van der Waals surface area contributed by atoms with Gasteiger partial charge in [0, 0.05) is 11.6 Å². The number of hydrogen-bond acceptors (Lipinski definition) is 3. The molecule has 1 aliphatic heterocycles. The van der Waals surface area contributed by atoms with Crippen LogP contribution in [0, 0.1) is 18.7 Å². The molecule has 2 aromatic carbocycles. The van der Waals surface area contributed by atoms with E-state index in [4.69, 9.17) is 4.74 Å². The van der Waals surface area contributed by atoms with E-state index in [-0.39, 0.29) is 23.7 Å². The van der Waals surface area contributed by atoms with Crippen LogP contribution in [-0.2, 0) is 4.74 Å². The van der Waals surface area contributed by atoms with Crippen LogP contribution in [0.5, 0.6) is 0 Å². The SMILES string of the molecule is COC(=O)c1ccc2c(c1C)N[C@H](c1cccc(F)c1)[C@@H]1CC=C[C@H]21. The van der Waals surface area contributed by atoms with Crippen molar-refractivity contribution in [1.29, 1.82) is 0 Å². The first kappa shape index (κ1) is 15.9. The third-order valence-electron chi connectivity index (χ3n) is 5.41. The molecule has 0 radical (unpaired) electrons. The van der Waals surface area contributed by atoms with Gasteiger partial charge in [0.05, 0.1) is 18.7 Å². The Morgan fingerprint density at radius 3 is 2.88 bits per heavy atom. The third-order valence-corrected chi connectivity index (χ3v) is 5.41. The van der Waals surface area contributed by atoms with Crippen molar-refractivity contribution >= 4 is 11.7 Å². The highest BCUT2D eigenvalue weighted by molar-refractivity contribution is 5.93. The van der Waals surface area contributed by atoms with Gasteiger partial charge >= 0.3 is 5.97 Å². The van der Waals surface area contributed by atoms with Crippen molar-refractivity contribution in [2.75, 3.05) is 12.4 Å². The van der Waals surface area contributed by atoms with Gasteiger partial charge in [-0.1, -0.05) is 30.4 Å². The molecule has 25 heavy (non-hydrogen) atoms. The van der Waals surface area contributed by atoms with Gasteiger partial charge in [-0.05, 0) is 54.2 Å². The molecule has 4 heteroatoms. The normalized spacial score (nSPS) is 23.6. The van der Waals surface area contributed by atoms with Crippen molar-refractivity contribution in [3.05, 3.63) is 76.6 Å². The number of fused-ring (bicyclic) bond motifs is 3. The van der Waals surface area contributed by atoms with Crippen LogP contribution < -0.4 is 5.32 Å². The second-order valence-corrected chi connectivity index (χ2v) is 6.72. The second-order valence-electron chi connectivity index (χ2n) is 6.72. The smallest absolute Gasteiger partial charge is 0.338 e. The summed E-state index contributed by atoms with van der Waals surface area (Å²) >= 11 is 0. The fraction of sp³-hybridized carbons (Fsp3) is 0.286. The summed E-state index contributed by atoms with van der Waals surface area (Å²) in [4.78, 5) is 12.0. The lowest BCUT2D eigenvalue weighted by molar-refractivity contribution is 0.0600. The standard InChI is InChI=1S/C21H20FNO2/c1-12-15(21(24)25-2)9-10-18-16-7-4-8-17(16)20(23-19(12)18)13-5-3-6-14(22)11-13/h3-7,9-11,16-17,20,23H,8H2,1-2H3/t16-,17+,20+/m0/s1. The van der Waals surface area contributed by atoms with Crippen molar-refractivity contribution in [2.24, 2.45) is 5.92 Å². The highest BCUT2D eigenvalue weighted by atomic mass is 19.1. The summed E-state index contributed by atoms with van der Waals surface area (Å²) < 4.78 is 18.6. The number of carbonyl (C=O) groups excluding carboxylic acids is 1. The number of esters is 1. The Hall–Kier alpha value is -2.62. The van der Waals surface area contributed by atoms with Crippen LogP contribution in [0.4, 0.5) is 10.1 Å². The van der Waals surface area contributed by atoms with E-state index < -0.39 is 0 Å². The fourth-order valence-corrected chi connectivity index (χ4v) is 4.18. The Morgan fingerprint density at radius 1 is 1.28 bits per heavy atom. The van der Waals surface area contributed by atoms with E-state index in [1.54, 1.807) is 12.1 Å². The van der Waals surface area contributed by atoms with Gasteiger partial charge in [0.2, 0.25) is 0 Å². The maximum absolute atomic E-state index is 13.8. The lowest BCUT2D eigenvalue weighted by Gasteiger charge is -2.38. The van der Waals surface area contributed by atoms with Crippen molar-refractivity contribution in [3.63, 3.8) is 0 Å². The number of halogens is 1. The summed E-state index contributed by atoms with van der Waals surface area (Å²) in [6, 6.07) is 10.6. The molecule has 2 aliphatic rings. The molecule has 2 aromatic rings. The number of benzene rings is 2. The Bertz CT molecular complexity index is 874. The number of hydrogen-bond donors (Lipinski definition) is 1. The topological polar surface area (TPSA) is 38.3 Å². The van der Waals surface area contributed by atoms with Gasteiger partial charge in [0.15, 0.2) is 0 Å². The number of anilines is 1. The molecule has 1 aliphatic carbocycles. The minimum atomic E-state index is -0.339. The maximum Gasteiger partial charge on any atom is 0.338 e. The number of carbonyl (C=O) groups is 1. The van der Waals surface area contributed by atoms with Crippen molar-refractivity contribution in [2.45, 2.75) is 25.3 Å².